The maximum atomic E-state index is 12.3. The van der Waals surface area contributed by atoms with Gasteiger partial charge in [-0.05, 0) is 79.9 Å². The molecule has 0 atom stereocenters. The lowest BCUT2D eigenvalue weighted by molar-refractivity contribution is 0.105. The van der Waals surface area contributed by atoms with E-state index in [1.165, 1.54) is 17.4 Å². The SMILES string of the molecule is COc1ccc(/C=C/C(=O)c2ccc(Cl)s2)cc1COc1c(Br)cc(Br)cc1Br. The number of ketones is 1. The van der Waals surface area contributed by atoms with Crippen molar-refractivity contribution in [3.05, 3.63) is 82.3 Å². The van der Waals surface area contributed by atoms with Crippen LogP contribution in [-0.4, -0.2) is 12.9 Å². The first-order chi connectivity index (χ1) is 13.9. The molecule has 0 unspecified atom stereocenters. The van der Waals surface area contributed by atoms with E-state index in [0.29, 0.717) is 27.3 Å². The Hall–Kier alpha value is -1.12. The summed E-state index contributed by atoms with van der Waals surface area (Å²) in [7, 11) is 1.61. The smallest absolute Gasteiger partial charge is 0.195 e. The van der Waals surface area contributed by atoms with Crippen LogP contribution in [0, 0.1) is 0 Å². The van der Waals surface area contributed by atoms with Gasteiger partial charge in [-0.25, -0.2) is 0 Å². The van der Waals surface area contributed by atoms with Crippen LogP contribution in [0.25, 0.3) is 6.08 Å². The fourth-order valence-corrected chi connectivity index (χ4v) is 5.98. The number of carbonyl (C=O) groups is 1. The normalized spacial score (nSPS) is 11.1. The molecule has 29 heavy (non-hydrogen) atoms. The van der Waals surface area contributed by atoms with Crippen LogP contribution < -0.4 is 9.47 Å². The zero-order valence-electron chi connectivity index (χ0n) is 15.0. The summed E-state index contributed by atoms with van der Waals surface area (Å²) in [5, 5.41) is 0. The molecular weight excluding hydrogens is 607 g/mol. The second-order valence-corrected chi connectivity index (χ2v) is 10.2. The summed E-state index contributed by atoms with van der Waals surface area (Å²) in [5.41, 5.74) is 1.73. The highest BCUT2D eigenvalue weighted by Gasteiger charge is 2.11. The van der Waals surface area contributed by atoms with Crippen LogP contribution in [0.2, 0.25) is 4.34 Å². The molecule has 1 aromatic heterocycles. The van der Waals surface area contributed by atoms with Crippen LogP contribution in [-0.2, 0) is 6.61 Å². The van der Waals surface area contributed by atoms with Crippen molar-refractivity contribution in [3.8, 4) is 11.5 Å². The van der Waals surface area contributed by atoms with Gasteiger partial charge in [-0.15, -0.1) is 11.3 Å². The molecule has 2 aromatic carbocycles. The number of allylic oxidation sites excluding steroid dienone is 1. The number of hydrogen-bond donors (Lipinski definition) is 0. The Bertz CT molecular complexity index is 1060. The Morgan fingerprint density at radius 2 is 1.83 bits per heavy atom. The summed E-state index contributed by atoms with van der Waals surface area (Å²) in [6, 6.07) is 13.0. The van der Waals surface area contributed by atoms with Crippen LogP contribution in [0.1, 0.15) is 20.8 Å². The van der Waals surface area contributed by atoms with Crippen molar-refractivity contribution >= 4 is 82.6 Å². The lowest BCUT2D eigenvalue weighted by atomic mass is 10.1. The quantitative estimate of drug-likeness (QED) is 0.197. The summed E-state index contributed by atoms with van der Waals surface area (Å²) < 4.78 is 14.6. The van der Waals surface area contributed by atoms with Crippen molar-refractivity contribution in [2.24, 2.45) is 0 Å². The Balaban J connectivity index is 1.78. The molecule has 150 valence electrons. The molecule has 8 heteroatoms. The van der Waals surface area contributed by atoms with Crippen molar-refractivity contribution < 1.29 is 14.3 Å². The third kappa shape index (κ3) is 5.95. The summed E-state index contributed by atoms with van der Waals surface area (Å²) in [6.45, 7) is 0.304. The molecule has 0 spiro atoms. The predicted molar refractivity (Wildman–Crippen MR) is 130 cm³/mol. The van der Waals surface area contributed by atoms with E-state index in [1.54, 1.807) is 25.3 Å². The first kappa shape index (κ1) is 22.6. The number of methoxy groups -OCH3 is 1. The first-order valence-corrected chi connectivity index (χ1v) is 11.9. The molecule has 0 saturated heterocycles. The Morgan fingerprint density at radius 1 is 1.10 bits per heavy atom. The van der Waals surface area contributed by atoms with Crippen LogP contribution in [0.15, 0.2) is 62.0 Å². The van der Waals surface area contributed by atoms with Crippen molar-refractivity contribution in [1.82, 2.24) is 0 Å². The Morgan fingerprint density at radius 3 is 2.45 bits per heavy atom. The molecule has 0 saturated carbocycles. The average molecular weight is 622 g/mol. The third-order valence-electron chi connectivity index (χ3n) is 3.88. The number of carbonyl (C=O) groups excluding carboxylic acids is 1. The van der Waals surface area contributed by atoms with Crippen LogP contribution in [0.3, 0.4) is 0 Å². The zero-order chi connectivity index (χ0) is 21.0. The van der Waals surface area contributed by atoms with Gasteiger partial charge >= 0.3 is 0 Å². The minimum atomic E-state index is -0.0850. The topological polar surface area (TPSA) is 35.5 Å². The van der Waals surface area contributed by atoms with E-state index >= 15 is 0 Å². The predicted octanol–water partition coefficient (Wildman–Crippen LogP) is 8.17. The fourth-order valence-electron chi connectivity index (χ4n) is 2.53. The molecule has 0 bridgehead atoms. The van der Waals surface area contributed by atoms with Gasteiger partial charge in [0, 0.05) is 10.0 Å². The van der Waals surface area contributed by atoms with Gasteiger partial charge in [-0.3, -0.25) is 4.79 Å². The van der Waals surface area contributed by atoms with Gasteiger partial charge in [-0.1, -0.05) is 39.7 Å². The Labute approximate surface area is 203 Å². The minimum absolute atomic E-state index is 0.0850. The van der Waals surface area contributed by atoms with E-state index in [-0.39, 0.29) is 5.78 Å². The van der Waals surface area contributed by atoms with Gasteiger partial charge in [0.05, 0.1) is 25.3 Å². The lowest BCUT2D eigenvalue weighted by Gasteiger charge is -2.14. The van der Waals surface area contributed by atoms with Gasteiger partial charge in [0.2, 0.25) is 0 Å². The average Bonchev–Trinajstić information content (AvgIpc) is 3.12. The zero-order valence-corrected chi connectivity index (χ0v) is 21.4. The molecule has 1 heterocycles. The molecule has 3 rings (SSSR count). The molecular formula is C21H14Br3ClO3S. The van der Waals surface area contributed by atoms with Crippen LogP contribution in [0.4, 0.5) is 0 Å². The summed E-state index contributed by atoms with van der Waals surface area (Å²) in [6.07, 6.45) is 3.31. The minimum Gasteiger partial charge on any atom is -0.496 e. The van der Waals surface area contributed by atoms with E-state index < -0.39 is 0 Å². The van der Waals surface area contributed by atoms with Gasteiger partial charge in [0.1, 0.15) is 18.1 Å². The molecule has 0 N–H and O–H groups in total. The molecule has 0 aliphatic rings. The fraction of sp³-hybridized carbons (Fsp3) is 0.0952. The second kappa shape index (κ2) is 10.3. The highest BCUT2D eigenvalue weighted by molar-refractivity contribution is 9.11. The molecule has 0 fully saturated rings. The van der Waals surface area contributed by atoms with Crippen molar-refractivity contribution in [3.63, 3.8) is 0 Å². The maximum absolute atomic E-state index is 12.3. The van der Waals surface area contributed by atoms with Crippen molar-refractivity contribution in [2.45, 2.75) is 6.61 Å². The van der Waals surface area contributed by atoms with Crippen LogP contribution in [0.5, 0.6) is 11.5 Å². The van der Waals surface area contributed by atoms with Crippen molar-refractivity contribution in [1.29, 1.82) is 0 Å². The van der Waals surface area contributed by atoms with Gasteiger partial charge in [0.15, 0.2) is 5.78 Å². The molecule has 0 radical (unpaired) electrons. The molecule has 3 nitrogen and oxygen atoms in total. The highest BCUT2D eigenvalue weighted by atomic mass is 79.9. The van der Waals surface area contributed by atoms with Gasteiger partial charge < -0.3 is 9.47 Å². The van der Waals surface area contributed by atoms with Crippen LogP contribution >= 0.6 is 70.7 Å². The Kier molecular flexibility index (Phi) is 7.99. The number of halogens is 4. The number of ether oxygens (including phenoxy) is 2. The van der Waals surface area contributed by atoms with E-state index in [2.05, 4.69) is 47.8 Å². The molecule has 0 aliphatic heterocycles. The summed E-state index contributed by atoms with van der Waals surface area (Å²) >= 11 is 17.6. The third-order valence-corrected chi connectivity index (χ3v) is 6.76. The van der Waals surface area contributed by atoms with E-state index in [4.69, 9.17) is 21.1 Å². The van der Waals surface area contributed by atoms with Gasteiger partial charge in [0.25, 0.3) is 0 Å². The van der Waals surface area contributed by atoms with Gasteiger partial charge in [-0.2, -0.15) is 0 Å². The van der Waals surface area contributed by atoms with E-state index in [9.17, 15) is 4.79 Å². The number of rotatable bonds is 7. The van der Waals surface area contributed by atoms with E-state index in [0.717, 1.165) is 24.5 Å². The maximum Gasteiger partial charge on any atom is 0.195 e. The standard InChI is InChI=1S/C21H14Br3ClO3S/c1-27-18-5-3-12(2-4-17(26)19-6-7-20(25)29-19)8-13(18)11-28-21-15(23)9-14(22)10-16(21)24/h2-10H,11H2,1H3/b4-2+. The number of thiophene rings is 1. The molecule has 0 amide bonds. The van der Waals surface area contributed by atoms with Crippen molar-refractivity contribution in [2.75, 3.05) is 7.11 Å². The first-order valence-electron chi connectivity index (χ1n) is 8.29. The second-order valence-electron chi connectivity index (χ2n) is 5.86. The number of benzene rings is 2. The highest BCUT2D eigenvalue weighted by Crippen LogP contribution is 2.37. The monoisotopic (exact) mass is 618 g/mol. The summed E-state index contributed by atoms with van der Waals surface area (Å²) in [4.78, 5) is 12.9. The largest absolute Gasteiger partial charge is 0.496 e. The molecule has 3 aromatic rings. The number of hydrogen-bond acceptors (Lipinski definition) is 4. The lowest BCUT2D eigenvalue weighted by Crippen LogP contribution is -2.00. The summed E-state index contributed by atoms with van der Waals surface area (Å²) in [5.74, 6) is 1.32. The van der Waals surface area contributed by atoms with E-state index in [1.807, 2.05) is 30.3 Å². The molecule has 0 aliphatic carbocycles.